The van der Waals surface area contributed by atoms with Crippen LogP contribution < -0.4 is 10.6 Å². The summed E-state index contributed by atoms with van der Waals surface area (Å²) < 4.78 is 0. The highest BCUT2D eigenvalue weighted by molar-refractivity contribution is 5.74. The zero-order valence-corrected chi connectivity index (χ0v) is 9.29. The molecule has 3 nitrogen and oxygen atoms in total. The van der Waals surface area contributed by atoms with Gasteiger partial charge in [-0.15, -0.1) is 0 Å². The zero-order valence-electron chi connectivity index (χ0n) is 9.29. The third-order valence-electron chi connectivity index (χ3n) is 2.25. The predicted molar refractivity (Wildman–Crippen MR) is 61.7 cm³/mol. The molecule has 0 spiro atoms. The average Bonchev–Trinajstić information content (AvgIpc) is 2.27. The Kier molecular flexibility index (Phi) is 4.68. The lowest BCUT2D eigenvalue weighted by molar-refractivity contribution is 0.237. The zero-order chi connectivity index (χ0) is 11.1. The molecule has 0 saturated heterocycles. The maximum Gasteiger partial charge on any atom is 0.315 e. The van der Waals surface area contributed by atoms with Gasteiger partial charge in [-0.3, -0.25) is 0 Å². The number of hydrogen-bond donors (Lipinski definition) is 2. The van der Waals surface area contributed by atoms with E-state index in [0.29, 0.717) is 6.54 Å². The first-order chi connectivity index (χ1) is 7.27. The van der Waals surface area contributed by atoms with Crippen molar-refractivity contribution in [3.63, 3.8) is 0 Å². The highest BCUT2D eigenvalue weighted by atomic mass is 16.2. The number of amides is 2. The Bertz CT molecular complexity index is 298. The van der Waals surface area contributed by atoms with Gasteiger partial charge in [0.05, 0.1) is 6.04 Å². The molecule has 0 aromatic heterocycles. The van der Waals surface area contributed by atoms with Gasteiger partial charge in [0.15, 0.2) is 0 Å². The van der Waals surface area contributed by atoms with Gasteiger partial charge in [-0.1, -0.05) is 37.3 Å². The second kappa shape index (κ2) is 6.06. The number of urea groups is 1. The van der Waals surface area contributed by atoms with Crippen LogP contribution in [0.3, 0.4) is 0 Å². The van der Waals surface area contributed by atoms with Crippen molar-refractivity contribution >= 4 is 6.03 Å². The summed E-state index contributed by atoms with van der Waals surface area (Å²) in [6.45, 7) is 4.62. The SMILES string of the molecule is CCNC(=O)NC(CC)c1ccccc1. The van der Waals surface area contributed by atoms with Gasteiger partial charge in [0, 0.05) is 6.54 Å². The van der Waals surface area contributed by atoms with E-state index in [4.69, 9.17) is 0 Å². The fourth-order valence-electron chi connectivity index (χ4n) is 1.48. The summed E-state index contributed by atoms with van der Waals surface area (Å²) in [5.41, 5.74) is 1.14. The van der Waals surface area contributed by atoms with E-state index in [1.807, 2.05) is 37.3 Å². The molecule has 2 amide bonds. The summed E-state index contributed by atoms with van der Waals surface area (Å²) in [6.07, 6.45) is 0.890. The number of carbonyl (C=O) groups is 1. The first-order valence-corrected chi connectivity index (χ1v) is 5.37. The van der Waals surface area contributed by atoms with Crippen molar-refractivity contribution in [1.29, 1.82) is 0 Å². The monoisotopic (exact) mass is 206 g/mol. The van der Waals surface area contributed by atoms with E-state index in [1.54, 1.807) is 0 Å². The number of benzene rings is 1. The first-order valence-electron chi connectivity index (χ1n) is 5.37. The molecule has 0 heterocycles. The predicted octanol–water partition coefficient (Wildman–Crippen LogP) is 2.46. The summed E-state index contributed by atoms with van der Waals surface area (Å²) >= 11 is 0. The minimum Gasteiger partial charge on any atom is -0.338 e. The van der Waals surface area contributed by atoms with Gasteiger partial charge >= 0.3 is 6.03 Å². The number of nitrogens with one attached hydrogen (secondary N) is 2. The molecule has 0 bridgehead atoms. The van der Waals surface area contributed by atoms with E-state index in [9.17, 15) is 4.79 Å². The lowest BCUT2D eigenvalue weighted by Crippen LogP contribution is -2.37. The standard InChI is InChI=1S/C12H18N2O/c1-3-11(14-12(15)13-4-2)10-8-6-5-7-9-10/h5-9,11H,3-4H2,1-2H3,(H2,13,14,15). The van der Waals surface area contributed by atoms with Crippen LogP contribution in [0.2, 0.25) is 0 Å². The van der Waals surface area contributed by atoms with Crippen molar-refractivity contribution in [2.75, 3.05) is 6.54 Å². The minimum absolute atomic E-state index is 0.0951. The van der Waals surface area contributed by atoms with E-state index < -0.39 is 0 Å². The van der Waals surface area contributed by atoms with Crippen molar-refractivity contribution < 1.29 is 4.79 Å². The molecular formula is C12H18N2O. The molecule has 0 aliphatic carbocycles. The van der Waals surface area contributed by atoms with Gasteiger partial charge in [-0.05, 0) is 18.9 Å². The van der Waals surface area contributed by atoms with Gasteiger partial charge in [0.1, 0.15) is 0 Å². The molecule has 1 unspecified atom stereocenters. The molecule has 15 heavy (non-hydrogen) atoms. The topological polar surface area (TPSA) is 41.1 Å². The van der Waals surface area contributed by atoms with Crippen molar-refractivity contribution in [3.05, 3.63) is 35.9 Å². The van der Waals surface area contributed by atoms with Crippen LogP contribution >= 0.6 is 0 Å². The molecule has 2 N–H and O–H groups in total. The van der Waals surface area contributed by atoms with Crippen LogP contribution in [-0.2, 0) is 0 Å². The Hall–Kier alpha value is -1.51. The molecule has 0 fully saturated rings. The van der Waals surface area contributed by atoms with E-state index in [0.717, 1.165) is 12.0 Å². The van der Waals surface area contributed by atoms with E-state index in [-0.39, 0.29) is 12.1 Å². The second-order valence-electron chi connectivity index (χ2n) is 3.38. The lowest BCUT2D eigenvalue weighted by Gasteiger charge is -2.17. The van der Waals surface area contributed by atoms with E-state index >= 15 is 0 Å². The minimum atomic E-state index is -0.104. The summed E-state index contributed by atoms with van der Waals surface area (Å²) in [5, 5.41) is 5.66. The van der Waals surface area contributed by atoms with Crippen molar-refractivity contribution in [3.8, 4) is 0 Å². The Labute approximate surface area is 90.9 Å². The lowest BCUT2D eigenvalue weighted by atomic mass is 10.1. The van der Waals surface area contributed by atoms with E-state index in [1.165, 1.54) is 0 Å². The number of carbonyl (C=O) groups excluding carboxylic acids is 1. The van der Waals surface area contributed by atoms with Gasteiger partial charge < -0.3 is 10.6 Å². The summed E-state index contributed by atoms with van der Waals surface area (Å²) in [7, 11) is 0. The van der Waals surface area contributed by atoms with Gasteiger partial charge in [0.2, 0.25) is 0 Å². The summed E-state index contributed by atoms with van der Waals surface area (Å²) in [5.74, 6) is 0. The highest BCUT2D eigenvalue weighted by Gasteiger charge is 2.10. The van der Waals surface area contributed by atoms with Crippen molar-refractivity contribution in [1.82, 2.24) is 10.6 Å². The molecule has 0 aliphatic heterocycles. The number of hydrogen-bond acceptors (Lipinski definition) is 1. The maximum absolute atomic E-state index is 11.4. The molecule has 3 heteroatoms. The molecular weight excluding hydrogens is 188 g/mol. The molecule has 0 radical (unpaired) electrons. The Morgan fingerprint density at radius 2 is 1.93 bits per heavy atom. The van der Waals surface area contributed by atoms with Crippen LogP contribution in [0.15, 0.2) is 30.3 Å². The van der Waals surface area contributed by atoms with Crippen LogP contribution in [0.1, 0.15) is 31.9 Å². The summed E-state index contributed by atoms with van der Waals surface area (Å²) in [6, 6.07) is 9.99. The molecule has 1 aromatic carbocycles. The Morgan fingerprint density at radius 3 is 2.47 bits per heavy atom. The smallest absolute Gasteiger partial charge is 0.315 e. The van der Waals surface area contributed by atoms with E-state index in [2.05, 4.69) is 17.6 Å². The second-order valence-corrected chi connectivity index (χ2v) is 3.38. The fourth-order valence-corrected chi connectivity index (χ4v) is 1.48. The van der Waals surface area contributed by atoms with Crippen LogP contribution in [0.4, 0.5) is 4.79 Å². The molecule has 1 rings (SSSR count). The molecule has 0 saturated carbocycles. The van der Waals surface area contributed by atoms with Gasteiger partial charge in [-0.25, -0.2) is 4.79 Å². The van der Waals surface area contributed by atoms with Crippen molar-refractivity contribution in [2.45, 2.75) is 26.3 Å². The van der Waals surface area contributed by atoms with Crippen molar-refractivity contribution in [2.24, 2.45) is 0 Å². The maximum atomic E-state index is 11.4. The largest absolute Gasteiger partial charge is 0.338 e. The molecule has 1 aromatic rings. The Balaban J connectivity index is 2.61. The normalized spacial score (nSPS) is 11.9. The number of rotatable bonds is 4. The molecule has 82 valence electrons. The quantitative estimate of drug-likeness (QED) is 0.780. The molecule has 1 atom stereocenters. The highest BCUT2D eigenvalue weighted by Crippen LogP contribution is 2.15. The van der Waals surface area contributed by atoms with Gasteiger partial charge in [0.25, 0.3) is 0 Å². The third-order valence-corrected chi connectivity index (χ3v) is 2.25. The summed E-state index contributed by atoms with van der Waals surface area (Å²) in [4.78, 5) is 11.4. The van der Waals surface area contributed by atoms with Crippen LogP contribution in [0.5, 0.6) is 0 Å². The average molecular weight is 206 g/mol. The van der Waals surface area contributed by atoms with Gasteiger partial charge in [-0.2, -0.15) is 0 Å². The Morgan fingerprint density at radius 1 is 1.27 bits per heavy atom. The van der Waals surface area contributed by atoms with Crippen LogP contribution in [0, 0.1) is 0 Å². The van der Waals surface area contributed by atoms with Crippen LogP contribution in [-0.4, -0.2) is 12.6 Å². The van der Waals surface area contributed by atoms with Crippen LogP contribution in [0.25, 0.3) is 0 Å². The first kappa shape index (κ1) is 11.6. The fraction of sp³-hybridized carbons (Fsp3) is 0.417. The third kappa shape index (κ3) is 3.62. The molecule has 0 aliphatic rings.